The van der Waals surface area contributed by atoms with Gasteiger partial charge in [-0.3, -0.25) is 9.59 Å². The van der Waals surface area contributed by atoms with Crippen LogP contribution in [0.2, 0.25) is 0 Å². The molecular weight excluding hydrogens is 450 g/mol. The molecule has 1 heterocycles. The number of hydrogen-bond acceptors (Lipinski definition) is 7. The second-order valence-electron chi connectivity index (χ2n) is 7.28. The average Bonchev–Trinajstić information content (AvgIpc) is 3.30. The first-order valence-electron chi connectivity index (χ1n) is 10.2. The molecule has 0 saturated carbocycles. The first-order chi connectivity index (χ1) is 15.8. The van der Waals surface area contributed by atoms with Crippen LogP contribution in [-0.2, 0) is 30.9 Å². The number of amides is 2. The van der Waals surface area contributed by atoms with Gasteiger partial charge in [-0.25, -0.2) is 8.42 Å². The molecule has 0 spiro atoms. The molecular formula is C22H27N3O7S. The lowest BCUT2D eigenvalue weighted by atomic mass is 10.2. The highest BCUT2D eigenvalue weighted by Crippen LogP contribution is 2.26. The van der Waals surface area contributed by atoms with Crippen molar-refractivity contribution >= 4 is 21.8 Å². The van der Waals surface area contributed by atoms with E-state index in [-0.39, 0.29) is 31.1 Å². The summed E-state index contributed by atoms with van der Waals surface area (Å²) in [6.45, 7) is 1.99. The SMILES string of the molecule is COc1ccc(S(=O)(=O)N2CCO[C@@H]2CNC(=O)C(=O)NCc2ccccc2OC)cc1C. The number of nitrogens with one attached hydrogen (secondary N) is 2. The van der Waals surface area contributed by atoms with Crippen LogP contribution in [0, 0.1) is 6.92 Å². The van der Waals surface area contributed by atoms with Crippen LogP contribution in [0.15, 0.2) is 47.4 Å². The van der Waals surface area contributed by atoms with Gasteiger partial charge in [0.05, 0.1) is 32.3 Å². The number of para-hydroxylation sites is 1. The van der Waals surface area contributed by atoms with Crippen LogP contribution in [0.25, 0.3) is 0 Å². The Morgan fingerprint density at radius 2 is 1.76 bits per heavy atom. The normalized spacial score (nSPS) is 16.3. The van der Waals surface area contributed by atoms with Crippen molar-refractivity contribution in [2.45, 2.75) is 24.6 Å². The number of aryl methyl sites for hydroxylation is 1. The highest BCUT2D eigenvalue weighted by Gasteiger charge is 2.37. The summed E-state index contributed by atoms with van der Waals surface area (Å²) in [6, 6.07) is 11.7. The van der Waals surface area contributed by atoms with Crippen LogP contribution in [0.4, 0.5) is 0 Å². The molecule has 2 aromatic rings. The summed E-state index contributed by atoms with van der Waals surface area (Å²) in [5, 5.41) is 4.96. The van der Waals surface area contributed by atoms with Crippen molar-refractivity contribution in [1.82, 2.24) is 14.9 Å². The number of carbonyl (C=O) groups excluding carboxylic acids is 2. The van der Waals surface area contributed by atoms with Crippen molar-refractivity contribution in [2.24, 2.45) is 0 Å². The molecule has 1 fully saturated rings. The lowest BCUT2D eigenvalue weighted by molar-refractivity contribution is -0.139. The molecule has 11 heteroatoms. The lowest BCUT2D eigenvalue weighted by Gasteiger charge is -2.23. The molecule has 10 nitrogen and oxygen atoms in total. The molecule has 0 aliphatic carbocycles. The number of methoxy groups -OCH3 is 2. The van der Waals surface area contributed by atoms with Crippen LogP contribution < -0.4 is 20.1 Å². The number of nitrogens with zero attached hydrogens (tertiary/aromatic N) is 1. The third-order valence-corrected chi connectivity index (χ3v) is 7.08. The van der Waals surface area contributed by atoms with Gasteiger partial charge in [0.1, 0.15) is 17.7 Å². The number of benzene rings is 2. The minimum absolute atomic E-state index is 0.0946. The van der Waals surface area contributed by atoms with Gasteiger partial charge in [0.15, 0.2) is 0 Å². The minimum Gasteiger partial charge on any atom is -0.496 e. The molecule has 1 atom stereocenters. The molecule has 0 radical (unpaired) electrons. The zero-order valence-corrected chi connectivity index (χ0v) is 19.5. The summed E-state index contributed by atoms with van der Waals surface area (Å²) in [4.78, 5) is 24.5. The van der Waals surface area contributed by atoms with Gasteiger partial charge in [0, 0.05) is 18.7 Å². The predicted octanol–water partition coefficient (Wildman–Crippen LogP) is 0.792. The Morgan fingerprint density at radius 3 is 2.45 bits per heavy atom. The van der Waals surface area contributed by atoms with E-state index in [1.807, 2.05) is 0 Å². The Kier molecular flexibility index (Phi) is 7.90. The van der Waals surface area contributed by atoms with E-state index >= 15 is 0 Å². The third-order valence-electron chi connectivity index (χ3n) is 5.19. The molecule has 1 aliphatic heterocycles. The first kappa shape index (κ1) is 24.5. The van der Waals surface area contributed by atoms with Crippen LogP contribution in [0.3, 0.4) is 0 Å². The molecule has 2 aromatic carbocycles. The van der Waals surface area contributed by atoms with Crippen molar-refractivity contribution in [1.29, 1.82) is 0 Å². The molecule has 2 amide bonds. The van der Waals surface area contributed by atoms with E-state index in [1.54, 1.807) is 37.3 Å². The topological polar surface area (TPSA) is 123 Å². The summed E-state index contributed by atoms with van der Waals surface area (Å²) < 4.78 is 43.3. The van der Waals surface area contributed by atoms with E-state index in [1.165, 1.54) is 30.7 Å². The quantitative estimate of drug-likeness (QED) is 0.539. The largest absolute Gasteiger partial charge is 0.496 e. The smallest absolute Gasteiger partial charge is 0.309 e. The molecule has 33 heavy (non-hydrogen) atoms. The van der Waals surface area contributed by atoms with E-state index < -0.39 is 28.1 Å². The van der Waals surface area contributed by atoms with Gasteiger partial charge in [-0.2, -0.15) is 4.31 Å². The Hall–Kier alpha value is -3.15. The Balaban J connectivity index is 1.59. The van der Waals surface area contributed by atoms with E-state index in [9.17, 15) is 18.0 Å². The van der Waals surface area contributed by atoms with Crippen molar-refractivity contribution in [3.63, 3.8) is 0 Å². The number of carbonyl (C=O) groups is 2. The third kappa shape index (κ3) is 5.62. The Labute approximate surface area is 192 Å². The molecule has 3 rings (SSSR count). The van der Waals surface area contributed by atoms with Gasteiger partial charge in [-0.1, -0.05) is 18.2 Å². The van der Waals surface area contributed by atoms with Crippen molar-refractivity contribution in [3.8, 4) is 11.5 Å². The Morgan fingerprint density at radius 1 is 1.06 bits per heavy atom. The molecule has 1 saturated heterocycles. The molecule has 0 unspecified atom stereocenters. The summed E-state index contributed by atoms with van der Waals surface area (Å²) in [6.07, 6.45) is -0.927. The van der Waals surface area contributed by atoms with Gasteiger partial charge in [0.25, 0.3) is 0 Å². The van der Waals surface area contributed by atoms with Gasteiger partial charge in [-0.05, 0) is 36.8 Å². The van der Waals surface area contributed by atoms with E-state index in [0.29, 0.717) is 22.6 Å². The zero-order chi connectivity index (χ0) is 24.0. The van der Waals surface area contributed by atoms with Gasteiger partial charge >= 0.3 is 11.8 Å². The van der Waals surface area contributed by atoms with Crippen molar-refractivity contribution in [2.75, 3.05) is 33.9 Å². The fourth-order valence-electron chi connectivity index (χ4n) is 3.45. The van der Waals surface area contributed by atoms with Crippen molar-refractivity contribution in [3.05, 3.63) is 53.6 Å². The van der Waals surface area contributed by atoms with Gasteiger partial charge in [-0.15, -0.1) is 0 Å². The molecule has 0 aromatic heterocycles. The van der Waals surface area contributed by atoms with Crippen molar-refractivity contribution < 1.29 is 32.2 Å². The highest BCUT2D eigenvalue weighted by molar-refractivity contribution is 7.89. The van der Waals surface area contributed by atoms with E-state index in [0.717, 1.165) is 0 Å². The monoisotopic (exact) mass is 477 g/mol. The maximum atomic E-state index is 13.1. The van der Waals surface area contributed by atoms with Gasteiger partial charge < -0.3 is 24.8 Å². The predicted molar refractivity (Wildman–Crippen MR) is 119 cm³/mol. The first-order valence-corrected chi connectivity index (χ1v) is 11.7. The summed E-state index contributed by atoms with van der Waals surface area (Å²) >= 11 is 0. The number of sulfonamides is 1. The zero-order valence-electron chi connectivity index (χ0n) is 18.7. The van der Waals surface area contributed by atoms with Crippen LogP contribution in [0.5, 0.6) is 11.5 Å². The minimum atomic E-state index is -3.87. The molecule has 0 bridgehead atoms. The lowest BCUT2D eigenvalue weighted by Crippen LogP contribution is -2.47. The second-order valence-corrected chi connectivity index (χ2v) is 9.17. The summed E-state index contributed by atoms with van der Waals surface area (Å²) in [5.74, 6) is -0.570. The number of rotatable bonds is 8. The fraction of sp³-hybridized carbons (Fsp3) is 0.364. The van der Waals surface area contributed by atoms with Gasteiger partial charge in [0.2, 0.25) is 10.0 Å². The van der Waals surface area contributed by atoms with E-state index in [2.05, 4.69) is 10.6 Å². The number of hydrogen-bond donors (Lipinski definition) is 2. The molecule has 2 N–H and O–H groups in total. The Bertz CT molecular complexity index is 1120. The highest BCUT2D eigenvalue weighted by atomic mass is 32.2. The van der Waals surface area contributed by atoms with Crippen LogP contribution in [-0.4, -0.2) is 64.7 Å². The summed E-state index contributed by atoms with van der Waals surface area (Å²) in [7, 11) is -0.845. The maximum absolute atomic E-state index is 13.1. The fourth-order valence-corrected chi connectivity index (χ4v) is 5.05. The van der Waals surface area contributed by atoms with E-state index in [4.69, 9.17) is 14.2 Å². The number of ether oxygens (including phenoxy) is 3. The average molecular weight is 478 g/mol. The summed E-state index contributed by atoms with van der Waals surface area (Å²) in [5.41, 5.74) is 1.39. The van der Waals surface area contributed by atoms with Crippen LogP contribution in [0.1, 0.15) is 11.1 Å². The van der Waals surface area contributed by atoms with Crippen LogP contribution >= 0.6 is 0 Å². The standard InChI is InChI=1S/C22H27N3O7S/c1-15-12-17(8-9-18(15)30-2)33(28,29)25-10-11-32-20(25)14-24-22(27)21(26)23-13-16-6-4-5-7-19(16)31-3/h4-9,12,20H,10-11,13-14H2,1-3H3,(H,23,26)(H,24,27)/t20-/m1/s1. The molecule has 178 valence electrons. The molecule has 1 aliphatic rings. The maximum Gasteiger partial charge on any atom is 0.309 e. The second kappa shape index (κ2) is 10.6.